The van der Waals surface area contributed by atoms with Gasteiger partial charge in [0, 0.05) is 27.2 Å². The Morgan fingerprint density at radius 1 is 1.21 bits per heavy atom. The van der Waals surface area contributed by atoms with Gasteiger partial charge >= 0.3 is 8.56 Å². The first-order valence-electron chi connectivity index (χ1n) is 8.56. The SMILES string of the molecule is CCCC1(OC)C(c2ccc(O)c(OC)c2)CCC[Si]1(OC)OC. The van der Waals surface area contributed by atoms with Crippen molar-refractivity contribution in [3.05, 3.63) is 23.8 Å². The van der Waals surface area contributed by atoms with Crippen molar-refractivity contribution in [3.63, 3.8) is 0 Å². The molecule has 0 aromatic heterocycles. The fraction of sp³-hybridized carbons (Fsp3) is 0.667. The van der Waals surface area contributed by atoms with Crippen LogP contribution in [0.25, 0.3) is 0 Å². The highest BCUT2D eigenvalue weighted by Gasteiger charge is 2.63. The lowest BCUT2D eigenvalue weighted by atomic mass is 9.85. The molecule has 1 fully saturated rings. The Kier molecular flexibility index (Phi) is 6.31. The summed E-state index contributed by atoms with van der Waals surface area (Å²) < 4.78 is 23.6. The first-order chi connectivity index (χ1) is 11.5. The summed E-state index contributed by atoms with van der Waals surface area (Å²) in [7, 11) is 4.29. The minimum atomic E-state index is -2.54. The number of benzene rings is 1. The molecule has 0 amide bonds. The van der Waals surface area contributed by atoms with E-state index < -0.39 is 13.8 Å². The molecule has 1 saturated heterocycles. The van der Waals surface area contributed by atoms with Crippen molar-refractivity contribution >= 4 is 8.56 Å². The van der Waals surface area contributed by atoms with Crippen LogP contribution in [0.15, 0.2) is 18.2 Å². The van der Waals surface area contributed by atoms with Crippen LogP contribution in [-0.4, -0.2) is 47.3 Å². The summed E-state index contributed by atoms with van der Waals surface area (Å²) in [4.78, 5) is 0. The molecule has 0 bridgehead atoms. The van der Waals surface area contributed by atoms with Gasteiger partial charge in [-0.1, -0.05) is 25.8 Å². The lowest BCUT2D eigenvalue weighted by molar-refractivity contribution is -0.0303. The molecule has 2 atom stereocenters. The fourth-order valence-electron chi connectivity index (χ4n) is 4.36. The normalized spacial score (nSPS) is 26.3. The highest BCUT2D eigenvalue weighted by Crippen LogP contribution is 2.51. The molecule has 24 heavy (non-hydrogen) atoms. The van der Waals surface area contributed by atoms with Gasteiger partial charge in [-0.05, 0) is 36.6 Å². The van der Waals surface area contributed by atoms with E-state index in [0.29, 0.717) is 5.75 Å². The quantitative estimate of drug-likeness (QED) is 0.756. The van der Waals surface area contributed by atoms with Crippen molar-refractivity contribution in [1.29, 1.82) is 0 Å². The molecule has 2 unspecified atom stereocenters. The summed E-state index contributed by atoms with van der Waals surface area (Å²) in [6.07, 6.45) is 3.91. The van der Waals surface area contributed by atoms with Gasteiger partial charge in [0.05, 0.1) is 7.11 Å². The van der Waals surface area contributed by atoms with Gasteiger partial charge in [0.25, 0.3) is 0 Å². The molecule has 1 heterocycles. The number of ether oxygens (including phenoxy) is 2. The summed E-state index contributed by atoms with van der Waals surface area (Å²) in [5.74, 6) is 0.788. The highest BCUT2D eigenvalue weighted by molar-refractivity contribution is 6.71. The number of phenols is 1. The Labute approximate surface area is 146 Å². The molecule has 2 rings (SSSR count). The molecule has 136 valence electrons. The maximum atomic E-state index is 9.92. The summed E-state index contributed by atoms with van der Waals surface area (Å²) in [5, 5.41) is 9.47. The molecule has 1 N–H and O–H groups in total. The smallest absolute Gasteiger partial charge is 0.371 e. The van der Waals surface area contributed by atoms with Crippen molar-refractivity contribution in [3.8, 4) is 11.5 Å². The number of methoxy groups -OCH3 is 2. The van der Waals surface area contributed by atoms with Gasteiger partial charge in [-0.3, -0.25) is 0 Å². The fourth-order valence-corrected chi connectivity index (χ4v) is 8.51. The average Bonchev–Trinajstić information content (AvgIpc) is 2.62. The van der Waals surface area contributed by atoms with Crippen molar-refractivity contribution in [1.82, 2.24) is 0 Å². The number of rotatable bonds is 7. The predicted octanol–water partition coefficient (Wildman–Crippen LogP) is 3.74. The standard InChI is InChI=1S/C18H30O5Si/c1-6-11-18(21-3)15(8-7-12-24(18,22-4)23-5)14-9-10-16(19)17(13-14)20-2/h9-10,13,15,19H,6-8,11-12H2,1-5H3. The molecular weight excluding hydrogens is 324 g/mol. The number of aromatic hydroxyl groups is 1. The second kappa shape index (κ2) is 7.87. The van der Waals surface area contributed by atoms with Crippen LogP contribution in [0.5, 0.6) is 11.5 Å². The lowest BCUT2D eigenvalue weighted by Gasteiger charge is -2.52. The molecule has 1 aromatic rings. The van der Waals surface area contributed by atoms with Crippen LogP contribution in [0.3, 0.4) is 0 Å². The van der Waals surface area contributed by atoms with Crippen LogP contribution in [0, 0.1) is 0 Å². The van der Waals surface area contributed by atoms with Crippen molar-refractivity contribution < 1.29 is 23.4 Å². The summed E-state index contributed by atoms with van der Waals surface area (Å²) in [5.41, 5.74) is 1.10. The lowest BCUT2D eigenvalue weighted by Crippen LogP contribution is -2.67. The third kappa shape index (κ3) is 2.96. The van der Waals surface area contributed by atoms with Gasteiger partial charge < -0.3 is 23.4 Å². The first-order valence-corrected chi connectivity index (χ1v) is 10.6. The van der Waals surface area contributed by atoms with Gasteiger partial charge in [0.15, 0.2) is 11.5 Å². The molecule has 1 aliphatic heterocycles. The van der Waals surface area contributed by atoms with Crippen molar-refractivity contribution in [2.24, 2.45) is 0 Å². The monoisotopic (exact) mass is 354 g/mol. The number of phenolic OH excluding ortho intramolecular Hbond substituents is 1. The zero-order valence-corrected chi connectivity index (χ0v) is 16.4. The Morgan fingerprint density at radius 3 is 2.46 bits per heavy atom. The van der Waals surface area contributed by atoms with E-state index in [1.807, 2.05) is 12.1 Å². The summed E-state index contributed by atoms with van der Waals surface area (Å²) in [6, 6.07) is 6.50. The molecule has 0 radical (unpaired) electrons. The van der Waals surface area contributed by atoms with Gasteiger partial charge in [-0.2, -0.15) is 0 Å². The molecule has 0 saturated carbocycles. The molecule has 5 nitrogen and oxygen atoms in total. The Morgan fingerprint density at radius 2 is 1.92 bits per heavy atom. The van der Waals surface area contributed by atoms with Crippen LogP contribution in [0.4, 0.5) is 0 Å². The largest absolute Gasteiger partial charge is 0.504 e. The molecule has 1 aliphatic rings. The van der Waals surface area contributed by atoms with E-state index in [4.69, 9.17) is 18.3 Å². The van der Waals surface area contributed by atoms with E-state index in [9.17, 15) is 5.11 Å². The van der Waals surface area contributed by atoms with Gasteiger partial charge in [-0.25, -0.2) is 0 Å². The van der Waals surface area contributed by atoms with E-state index in [1.54, 1.807) is 34.5 Å². The van der Waals surface area contributed by atoms with Crippen LogP contribution >= 0.6 is 0 Å². The second-order valence-electron chi connectivity index (χ2n) is 6.38. The minimum Gasteiger partial charge on any atom is -0.504 e. The Hall–Kier alpha value is -1.08. The van der Waals surface area contributed by atoms with Crippen LogP contribution in [0.2, 0.25) is 6.04 Å². The van der Waals surface area contributed by atoms with E-state index >= 15 is 0 Å². The van der Waals surface area contributed by atoms with E-state index in [-0.39, 0.29) is 11.7 Å². The highest BCUT2D eigenvalue weighted by atomic mass is 28.4. The second-order valence-corrected chi connectivity index (χ2v) is 10.0. The van der Waals surface area contributed by atoms with Crippen molar-refractivity contribution in [2.75, 3.05) is 28.4 Å². The maximum absolute atomic E-state index is 9.92. The molecule has 0 spiro atoms. The minimum absolute atomic E-state index is 0.150. The summed E-state index contributed by atoms with van der Waals surface area (Å²) >= 11 is 0. The average molecular weight is 355 g/mol. The molecule has 0 aliphatic carbocycles. The number of hydrogen-bond donors (Lipinski definition) is 1. The molecule has 6 heteroatoms. The first kappa shape index (κ1) is 19.2. The maximum Gasteiger partial charge on any atom is 0.371 e. The van der Waals surface area contributed by atoms with E-state index in [2.05, 4.69) is 6.92 Å². The van der Waals surface area contributed by atoms with Crippen molar-refractivity contribution in [2.45, 2.75) is 49.8 Å². The molecular formula is C18H30O5Si. The van der Waals surface area contributed by atoms with Gasteiger partial charge in [0.1, 0.15) is 5.22 Å². The molecule has 1 aromatic carbocycles. The summed E-state index contributed by atoms with van der Waals surface area (Å²) in [6.45, 7) is 2.16. The van der Waals surface area contributed by atoms with Gasteiger partial charge in [-0.15, -0.1) is 0 Å². The van der Waals surface area contributed by atoms with E-state index in [0.717, 1.165) is 37.3 Å². The zero-order chi connectivity index (χ0) is 17.8. The predicted molar refractivity (Wildman–Crippen MR) is 95.9 cm³/mol. The van der Waals surface area contributed by atoms with E-state index in [1.165, 1.54) is 0 Å². The Bertz CT molecular complexity index is 546. The van der Waals surface area contributed by atoms with Gasteiger partial charge in [0.2, 0.25) is 0 Å². The van der Waals surface area contributed by atoms with Crippen LogP contribution in [-0.2, 0) is 13.6 Å². The Balaban J connectivity index is 2.57. The topological polar surface area (TPSA) is 57.2 Å². The third-order valence-electron chi connectivity index (χ3n) is 5.46. The third-order valence-corrected chi connectivity index (χ3v) is 9.88. The van der Waals surface area contributed by atoms with Crippen LogP contribution < -0.4 is 4.74 Å². The number of hydrogen-bond acceptors (Lipinski definition) is 5. The zero-order valence-electron chi connectivity index (χ0n) is 15.4. The van der Waals surface area contributed by atoms with Crippen LogP contribution in [0.1, 0.15) is 44.1 Å².